The van der Waals surface area contributed by atoms with E-state index < -0.39 is 11.9 Å². The quantitative estimate of drug-likeness (QED) is 0.338. The van der Waals surface area contributed by atoms with E-state index in [0.29, 0.717) is 23.5 Å². The van der Waals surface area contributed by atoms with Crippen LogP contribution in [-0.2, 0) is 22.7 Å². The van der Waals surface area contributed by atoms with Gasteiger partial charge in [-0.25, -0.2) is 9.07 Å². The van der Waals surface area contributed by atoms with Gasteiger partial charge in [0.25, 0.3) is 0 Å². The van der Waals surface area contributed by atoms with E-state index in [4.69, 9.17) is 0 Å². The average Bonchev–Trinajstić information content (AvgIpc) is 3.28. The molecule has 1 N–H and O–H groups in total. The normalized spacial score (nSPS) is 12.0. The lowest BCUT2D eigenvalue weighted by atomic mass is 10.0. The Bertz CT molecular complexity index is 1350. The van der Waals surface area contributed by atoms with Crippen LogP contribution in [0.15, 0.2) is 72.8 Å². The van der Waals surface area contributed by atoms with Crippen molar-refractivity contribution in [2.24, 2.45) is 5.92 Å². The minimum Gasteiger partial charge on any atom is -0.354 e. The Balaban J connectivity index is 1.71. The summed E-state index contributed by atoms with van der Waals surface area (Å²) in [5.41, 5.74) is 3.92. The molecule has 1 aromatic heterocycles. The Kier molecular flexibility index (Phi) is 8.28. The largest absolute Gasteiger partial charge is 0.354 e. The van der Waals surface area contributed by atoms with Crippen molar-refractivity contribution in [1.29, 1.82) is 0 Å². The SMILES string of the molecule is Cc1ccc(CN(C(=O)Cn2nnc3ccccc32)C(C(=O)NCCC(C)C)c2ccc(F)cc2)cc1. The molecule has 4 aromatic rings. The predicted molar refractivity (Wildman–Crippen MR) is 141 cm³/mol. The second-order valence-electron chi connectivity index (χ2n) is 9.67. The molecule has 7 nitrogen and oxygen atoms in total. The number of benzene rings is 3. The van der Waals surface area contributed by atoms with Crippen molar-refractivity contribution in [2.45, 2.75) is 46.3 Å². The van der Waals surface area contributed by atoms with Gasteiger partial charge in [-0.05, 0) is 54.7 Å². The Labute approximate surface area is 216 Å². The van der Waals surface area contributed by atoms with Crippen LogP contribution >= 0.6 is 0 Å². The molecular weight excluding hydrogens is 469 g/mol. The van der Waals surface area contributed by atoms with Gasteiger partial charge >= 0.3 is 0 Å². The van der Waals surface area contributed by atoms with E-state index in [0.717, 1.165) is 23.1 Å². The van der Waals surface area contributed by atoms with Crippen molar-refractivity contribution in [3.05, 3.63) is 95.3 Å². The lowest BCUT2D eigenvalue weighted by Crippen LogP contribution is -2.45. The number of amides is 2. The van der Waals surface area contributed by atoms with Gasteiger partial charge in [0, 0.05) is 13.1 Å². The molecule has 0 aliphatic carbocycles. The van der Waals surface area contributed by atoms with Crippen molar-refractivity contribution < 1.29 is 14.0 Å². The van der Waals surface area contributed by atoms with Gasteiger partial charge in [-0.2, -0.15) is 0 Å². The highest BCUT2D eigenvalue weighted by Gasteiger charge is 2.32. The van der Waals surface area contributed by atoms with Crippen molar-refractivity contribution in [3.63, 3.8) is 0 Å². The predicted octanol–water partition coefficient (Wildman–Crippen LogP) is 4.81. The first-order valence-electron chi connectivity index (χ1n) is 12.5. The van der Waals surface area contributed by atoms with E-state index in [1.165, 1.54) is 16.8 Å². The molecule has 4 rings (SSSR count). The number of hydrogen-bond donors (Lipinski definition) is 1. The number of nitrogens with one attached hydrogen (secondary N) is 1. The van der Waals surface area contributed by atoms with Crippen LogP contribution in [0.4, 0.5) is 4.39 Å². The van der Waals surface area contributed by atoms with Crippen LogP contribution in [0.5, 0.6) is 0 Å². The first kappa shape index (κ1) is 26.0. The zero-order valence-corrected chi connectivity index (χ0v) is 21.4. The van der Waals surface area contributed by atoms with Crippen LogP contribution in [-0.4, -0.2) is 38.3 Å². The van der Waals surface area contributed by atoms with Crippen LogP contribution in [0.25, 0.3) is 11.0 Å². The molecule has 0 radical (unpaired) electrons. The van der Waals surface area contributed by atoms with Crippen molar-refractivity contribution in [3.8, 4) is 0 Å². The van der Waals surface area contributed by atoms with Gasteiger partial charge < -0.3 is 10.2 Å². The molecule has 192 valence electrons. The Morgan fingerprint density at radius 2 is 1.70 bits per heavy atom. The summed E-state index contributed by atoms with van der Waals surface area (Å²) in [5.74, 6) is -0.607. The summed E-state index contributed by atoms with van der Waals surface area (Å²) in [6.07, 6.45) is 0.804. The Morgan fingerprint density at radius 1 is 1.00 bits per heavy atom. The first-order chi connectivity index (χ1) is 17.8. The molecule has 0 aliphatic rings. The molecule has 1 atom stereocenters. The van der Waals surface area contributed by atoms with Crippen molar-refractivity contribution in [2.75, 3.05) is 6.54 Å². The third-order valence-electron chi connectivity index (χ3n) is 6.27. The minimum atomic E-state index is -0.948. The van der Waals surface area contributed by atoms with E-state index in [9.17, 15) is 14.0 Å². The number of aryl methyl sites for hydroxylation is 1. The maximum Gasteiger partial charge on any atom is 0.247 e. The number of carbonyl (C=O) groups excluding carboxylic acids is 2. The molecule has 2 amide bonds. The summed E-state index contributed by atoms with van der Waals surface area (Å²) in [6.45, 7) is 6.74. The number of halogens is 1. The molecule has 1 unspecified atom stereocenters. The monoisotopic (exact) mass is 501 g/mol. The first-order valence-corrected chi connectivity index (χ1v) is 12.5. The smallest absolute Gasteiger partial charge is 0.247 e. The third kappa shape index (κ3) is 6.58. The summed E-state index contributed by atoms with van der Waals surface area (Å²) in [5, 5.41) is 11.3. The fraction of sp³-hybridized carbons (Fsp3) is 0.310. The molecule has 0 fully saturated rings. The summed E-state index contributed by atoms with van der Waals surface area (Å²) in [7, 11) is 0. The van der Waals surface area contributed by atoms with Crippen molar-refractivity contribution >= 4 is 22.8 Å². The molecule has 8 heteroatoms. The fourth-order valence-electron chi connectivity index (χ4n) is 4.17. The van der Waals surface area contributed by atoms with Crippen LogP contribution in [0, 0.1) is 18.7 Å². The zero-order chi connectivity index (χ0) is 26.4. The Morgan fingerprint density at radius 3 is 2.41 bits per heavy atom. The molecule has 37 heavy (non-hydrogen) atoms. The Hall–Kier alpha value is -4.07. The highest BCUT2D eigenvalue weighted by molar-refractivity contribution is 5.89. The molecule has 0 bridgehead atoms. The van der Waals surface area contributed by atoms with Gasteiger partial charge in [-0.15, -0.1) is 5.10 Å². The highest BCUT2D eigenvalue weighted by atomic mass is 19.1. The molecule has 0 saturated heterocycles. The number of rotatable bonds is 10. The molecule has 1 heterocycles. The van der Waals surface area contributed by atoms with Gasteiger partial charge in [0.05, 0.1) is 5.52 Å². The number of hydrogen-bond acceptors (Lipinski definition) is 4. The zero-order valence-electron chi connectivity index (χ0n) is 21.4. The van der Waals surface area contributed by atoms with Crippen LogP contribution in [0.2, 0.25) is 0 Å². The van der Waals surface area contributed by atoms with Gasteiger partial charge in [0.15, 0.2) is 0 Å². The summed E-state index contributed by atoms with van der Waals surface area (Å²) >= 11 is 0. The molecule has 0 aliphatic heterocycles. The lowest BCUT2D eigenvalue weighted by molar-refractivity contribution is -0.142. The lowest BCUT2D eigenvalue weighted by Gasteiger charge is -2.32. The van der Waals surface area contributed by atoms with Crippen LogP contribution < -0.4 is 5.32 Å². The molecule has 0 spiro atoms. The van der Waals surface area contributed by atoms with E-state index in [2.05, 4.69) is 29.5 Å². The second-order valence-corrected chi connectivity index (χ2v) is 9.67. The van der Waals surface area contributed by atoms with Gasteiger partial charge in [-0.1, -0.05) is 73.2 Å². The highest BCUT2D eigenvalue weighted by Crippen LogP contribution is 2.25. The van der Waals surface area contributed by atoms with Gasteiger partial charge in [-0.3, -0.25) is 9.59 Å². The fourth-order valence-corrected chi connectivity index (χ4v) is 4.17. The molecular formula is C29H32FN5O2. The molecule has 3 aromatic carbocycles. The van der Waals surface area contributed by atoms with Gasteiger partial charge in [0.2, 0.25) is 11.8 Å². The minimum absolute atomic E-state index is 0.0939. The standard InChI is InChI=1S/C29H32FN5O2/c1-20(2)16-17-31-29(37)28(23-12-14-24(30)15-13-23)34(18-22-10-8-21(3)9-11-22)27(36)19-35-26-7-5-4-6-25(26)32-33-35/h4-15,20,28H,16-19H2,1-3H3,(H,31,37). The van der Waals surface area contributed by atoms with E-state index in [-0.39, 0.29) is 24.9 Å². The summed E-state index contributed by atoms with van der Waals surface area (Å²) < 4.78 is 15.3. The van der Waals surface area contributed by atoms with Gasteiger partial charge in [0.1, 0.15) is 23.9 Å². The van der Waals surface area contributed by atoms with Crippen LogP contribution in [0.1, 0.15) is 43.0 Å². The number of fused-ring (bicyclic) bond motifs is 1. The number of nitrogens with zero attached hydrogens (tertiary/aromatic N) is 4. The third-order valence-corrected chi connectivity index (χ3v) is 6.27. The maximum atomic E-state index is 13.9. The second kappa shape index (κ2) is 11.8. The summed E-state index contributed by atoms with van der Waals surface area (Å²) in [4.78, 5) is 29.0. The molecule has 0 saturated carbocycles. The average molecular weight is 502 g/mol. The topological polar surface area (TPSA) is 80.1 Å². The van der Waals surface area contributed by atoms with Crippen LogP contribution in [0.3, 0.4) is 0 Å². The summed E-state index contributed by atoms with van der Waals surface area (Å²) in [6, 6.07) is 20.0. The van der Waals surface area contributed by atoms with E-state index in [1.54, 1.807) is 17.0 Å². The van der Waals surface area contributed by atoms with E-state index >= 15 is 0 Å². The van der Waals surface area contributed by atoms with E-state index in [1.807, 2.05) is 55.5 Å². The number of para-hydroxylation sites is 1. The number of aromatic nitrogens is 3. The van der Waals surface area contributed by atoms with Crippen molar-refractivity contribution in [1.82, 2.24) is 25.2 Å². The number of carbonyl (C=O) groups is 2. The maximum absolute atomic E-state index is 13.9.